The largest absolute Gasteiger partial charge is 0.464 e. The van der Waals surface area contributed by atoms with Crippen LogP contribution in [0.2, 0.25) is 0 Å². The molecule has 6 rings (SSSR count). The van der Waals surface area contributed by atoms with Gasteiger partial charge < -0.3 is 24.0 Å². The number of alkyl halides is 3. The SMILES string of the molecule is CCOc1ncc(N2CCc3cc(C(F)(F)F)cc(N4CCN(C(=O)Cn5cnc6cccnc65)C(C)C4)c3C2)cn1. The number of fused-ring (bicyclic) bond motifs is 2. The maximum atomic E-state index is 14.0. The molecule has 1 atom stereocenters. The molecule has 3 aromatic heterocycles. The molecule has 0 N–H and O–H groups in total. The number of aromatic nitrogens is 5. The van der Waals surface area contributed by atoms with Crippen molar-refractivity contribution < 1.29 is 22.7 Å². The van der Waals surface area contributed by atoms with Gasteiger partial charge in [0, 0.05) is 50.6 Å². The monoisotopic (exact) mass is 580 g/mol. The van der Waals surface area contributed by atoms with Gasteiger partial charge in [-0.1, -0.05) is 0 Å². The predicted molar refractivity (Wildman–Crippen MR) is 150 cm³/mol. The van der Waals surface area contributed by atoms with E-state index in [0.29, 0.717) is 68.2 Å². The first kappa shape index (κ1) is 27.7. The zero-order valence-electron chi connectivity index (χ0n) is 23.4. The van der Waals surface area contributed by atoms with Crippen LogP contribution in [0, 0.1) is 0 Å². The summed E-state index contributed by atoms with van der Waals surface area (Å²) >= 11 is 0. The van der Waals surface area contributed by atoms with Gasteiger partial charge in [0.2, 0.25) is 5.91 Å². The van der Waals surface area contributed by atoms with Gasteiger partial charge in [-0.05, 0) is 55.7 Å². The summed E-state index contributed by atoms with van der Waals surface area (Å²) in [6.07, 6.45) is 2.62. The number of hydrogen-bond acceptors (Lipinski definition) is 8. The quantitative estimate of drug-likeness (QED) is 0.339. The number of pyridine rings is 1. The number of nitrogens with zero attached hydrogens (tertiary/aromatic N) is 8. The van der Waals surface area contributed by atoms with Gasteiger partial charge in [0.25, 0.3) is 0 Å². The summed E-state index contributed by atoms with van der Waals surface area (Å²) in [5.41, 5.74) is 3.57. The third kappa shape index (κ3) is 5.42. The van der Waals surface area contributed by atoms with Crippen molar-refractivity contribution in [2.24, 2.45) is 0 Å². The molecule has 0 radical (unpaired) electrons. The zero-order valence-corrected chi connectivity index (χ0v) is 23.4. The lowest BCUT2D eigenvalue weighted by Gasteiger charge is -2.43. The smallest absolute Gasteiger partial charge is 0.416 e. The van der Waals surface area contributed by atoms with Crippen LogP contribution in [0.3, 0.4) is 0 Å². The number of imidazole rings is 1. The van der Waals surface area contributed by atoms with Crippen LogP contribution >= 0.6 is 0 Å². The minimum atomic E-state index is -4.46. The molecule has 42 heavy (non-hydrogen) atoms. The number of amides is 1. The van der Waals surface area contributed by atoms with E-state index in [0.717, 1.165) is 11.3 Å². The summed E-state index contributed by atoms with van der Waals surface area (Å²) in [6, 6.07) is 6.24. The summed E-state index contributed by atoms with van der Waals surface area (Å²) in [7, 11) is 0. The summed E-state index contributed by atoms with van der Waals surface area (Å²) < 4.78 is 48.9. The summed E-state index contributed by atoms with van der Waals surface area (Å²) in [6.45, 7) is 6.51. The average molecular weight is 581 g/mol. The molecule has 0 spiro atoms. The number of hydrogen-bond donors (Lipinski definition) is 0. The topological polar surface area (TPSA) is 92.5 Å². The van der Waals surface area contributed by atoms with E-state index in [1.54, 1.807) is 40.5 Å². The highest BCUT2D eigenvalue weighted by atomic mass is 19.4. The van der Waals surface area contributed by atoms with E-state index in [1.165, 1.54) is 12.1 Å². The number of benzene rings is 1. The summed E-state index contributed by atoms with van der Waals surface area (Å²) in [4.78, 5) is 36.3. The lowest BCUT2D eigenvalue weighted by molar-refractivity contribution is -0.137. The van der Waals surface area contributed by atoms with Crippen LogP contribution in [0.25, 0.3) is 11.2 Å². The fourth-order valence-electron chi connectivity index (χ4n) is 5.79. The van der Waals surface area contributed by atoms with E-state index in [4.69, 9.17) is 4.74 Å². The Kier molecular flexibility index (Phi) is 7.33. The molecule has 13 heteroatoms. The van der Waals surface area contributed by atoms with Crippen LogP contribution in [-0.2, 0) is 30.5 Å². The van der Waals surface area contributed by atoms with Crippen molar-refractivity contribution in [2.75, 3.05) is 42.6 Å². The second kappa shape index (κ2) is 11.1. The van der Waals surface area contributed by atoms with Gasteiger partial charge >= 0.3 is 12.2 Å². The standard InChI is InChI=1S/C29H31F3N8O2/c1-3-42-28-34-13-22(14-35-28)37-8-6-20-11-21(29(30,31)32)12-25(23(20)16-37)38-9-10-40(19(2)15-38)26(41)17-39-18-36-24-5-4-7-33-27(24)39/h4-5,7,11-14,18-19H,3,6,8-10,15-17H2,1-2H3. The first-order valence-corrected chi connectivity index (χ1v) is 13.9. The highest BCUT2D eigenvalue weighted by Crippen LogP contribution is 2.39. The Labute approximate surface area is 240 Å². The molecule has 2 aliphatic rings. The van der Waals surface area contributed by atoms with E-state index in [-0.39, 0.29) is 24.5 Å². The van der Waals surface area contributed by atoms with E-state index in [2.05, 4.69) is 24.8 Å². The Balaban J connectivity index is 1.23. The molecule has 1 unspecified atom stereocenters. The highest BCUT2D eigenvalue weighted by Gasteiger charge is 2.36. The van der Waals surface area contributed by atoms with Gasteiger partial charge in [-0.25, -0.2) is 19.9 Å². The lowest BCUT2D eigenvalue weighted by Crippen LogP contribution is -2.55. The first-order chi connectivity index (χ1) is 20.2. The number of anilines is 2. The van der Waals surface area contributed by atoms with Crippen molar-refractivity contribution in [3.63, 3.8) is 0 Å². The van der Waals surface area contributed by atoms with Crippen LogP contribution in [0.1, 0.15) is 30.5 Å². The number of rotatable bonds is 6. The Morgan fingerprint density at radius 2 is 1.88 bits per heavy atom. The molecular weight excluding hydrogens is 549 g/mol. The van der Waals surface area contributed by atoms with Crippen molar-refractivity contribution in [1.82, 2.24) is 29.4 Å². The van der Waals surface area contributed by atoms with Crippen molar-refractivity contribution >= 4 is 28.4 Å². The van der Waals surface area contributed by atoms with E-state index in [1.807, 2.05) is 24.8 Å². The molecule has 10 nitrogen and oxygen atoms in total. The molecule has 1 aromatic carbocycles. The van der Waals surface area contributed by atoms with Gasteiger partial charge in [-0.3, -0.25) is 4.79 Å². The number of halogens is 3. The summed E-state index contributed by atoms with van der Waals surface area (Å²) in [5, 5.41) is 0. The maximum Gasteiger partial charge on any atom is 0.416 e. The third-order valence-corrected chi connectivity index (χ3v) is 7.87. The van der Waals surface area contributed by atoms with Crippen LogP contribution in [0.15, 0.2) is 49.2 Å². The van der Waals surface area contributed by atoms with Crippen molar-refractivity contribution in [1.29, 1.82) is 0 Å². The minimum Gasteiger partial charge on any atom is -0.464 e. The second-order valence-electron chi connectivity index (χ2n) is 10.6. The molecular formula is C29H31F3N8O2. The van der Waals surface area contributed by atoms with E-state index < -0.39 is 11.7 Å². The molecule has 1 amide bonds. The van der Waals surface area contributed by atoms with Gasteiger partial charge in [0.15, 0.2) is 5.65 Å². The van der Waals surface area contributed by atoms with Gasteiger partial charge in [0.1, 0.15) is 12.1 Å². The van der Waals surface area contributed by atoms with Crippen molar-refractivity contribution in [3.05, 3.63) is 65.9 Å². The number of carbonyl (C=O) groups excluding carboxylic acids is 1. The maximum absolute atomic E-state index is 14.0. The first-order valence-electron chi connectivity index (χ1n) is 13.9. The van der Waals surface area contributed by atoms with E-state index in [9.17, 15) is 18.0 Å². The number of ether oxygens (including phenoxy) is 1. The van der Waals surface area contributed by atoms with Gasteiger partial charge in [0.05, 0.1) is 36.6 Å². The lowest BCUT2D eigenvalue weighted by atomic mass is 9.93. The Bertz CT molecular complexity index is 1590. The molecule has 4 aromatic rings. The molecule has 0 bridgehead atoms. The Morgan fingerprint density at radius 1 is 1.07 bits per heavy atom. The molecule has 220 valence electrons. The van der Waals surface area contributed by atoms with Crippen molar-refractivity contribution in [2.45, 2.75) is 45.6 Å². The van der Waals surface area contributed by atoms with Gasteiger partial charge in [-0.2, -0.15) is 13.2 Å². The normalized spacial score (nSPS) is 17.5. The Morgan fingerprint density at radius 3 is 2.62 bits per heavy atom. The predicted octanol–water partition coefficient (Wildman–Crippen LogP) is 3.94. The van der Waals surface area contributed by atoms with Crippen LogP contribution in [-0.4, -0.2) is 74.1 Å². The fraction of sp³-hybridized carbons (Fsp3) is 0.414. The number of carbonyl (C=O) groups is 1. The van der Waals surface area contributed by atoms with Gasteiger partial charge in [-0.15, -0.1) is 0 Å². The summed E-state index contributed by atoms with van der Waals surface area (Å²) in [5.74, 6) is -0.0835. The average Bonchev–Trinajstić information content (AvgIpc) is 3.39. The zero-order chi connectivity index (χ0) is 29.4. The molecule has 0 saturated carbocycles. The number of piperazine rings is 1. The molecule has 5 heterocycles. The molecule has 1 fully saturated rings. The van der Waals surface area contributed by atoms with E-state index >= 15 is 0 Å². The highest BCUT2D eigenvalue weighted by molar-refractivity contribution is 5.79. The molecule has 1 saturated heterocycles. The van der Waals surface area contributed by atoms with Crippen LogP contribution < -0.4 is 14.5 Å². The van der Waals surface area contributed by atoms with Crippen molar-refractivity contribution in [3.8, 4) is 6.01 Å². The molecule has 0 aliphatic carbocycles. The van der Waals surface area contributed by atoms with Crippen LogP contribution in [0.5, 0.6) is 6.01 Å². The minimum absolute atomic E-state index is 0.0835. The third-order valence-electron chi connectivity index (χ3n) is 7.87. The second-order valence-corrected chi connectivity index (χ2v) is 10.6. The van der Waals surface area contributed by atoms with Crippen LogP contribution in [0.4, 0.5) is 24.5 Å². The molecule has 2 aliphatic heterocycles. The Hall–Kier alpha value is -4.42. The fourth-order valence-corrected chi connectivity index (χ4v) is 5.79.